The zero-order valence-corrected chi connectivity index (χ0v) is 12.1. The molecular formula is C13H16ClN3O3. The van der Waals surface area contributed by atoms with E-state index < -0.39 is 4.92 Å². The van der Waals surface area contributed by atoms with Crippen LogP contribution < -0.4 is 5.73 Å². The molecule has 6 nitrogen and oxygen atoms in total. The first-order valence-electron chi connectivity index (χ1n) is 6.33. The summed E-state index contributed by atoms with van der Waals surface area (Å²) in [7, 11) is 1.70. The third-order valence-electron chi connectivity index (χ3n) is 3.79. The molecule has 0 aromatic heterocycles. The van der Waals surface area contributed by atoms with Gasteiger partial charge in [-0.3, -0.25) is 14.9 Å². The highest BCUT2D eigenvalue weighted by Gasteiger charge is 2.33. The van der Waals surface area contributed by atoms with Crippen LogP contribution in [0.4, 0.5) is 11.4 Å². The average molecular weight is 298 g/mol. The van der Waals surface area contributed by atoms with Gasteiger partial charge in [-0.1, -0.05) is 11.6 Å². The maximum absolute atomic E-state index is 12.4. The van der Waals surface area contributed by atoms with Gasteiger partial charge in [-0.2, -0.15) is 0 Å². The van der Waals surface area contributed by atoms with Crippen molar-refractivity contribution >= 4 is 28.9 Å². The van der Waals surface area contributed by atoms with Gasteiger partial charge in [0.05, 0.1) is 9.95 Å². The van der Waals surface area contributed by atoms with Gasteiger partial charge in [0, 0.05) is 24.7 Å². The molecule has 0 heterocycles. The number of nitrogens with two attached hydrogens (primary N) is 1. The van der Waals surface area contributed by atoms with Crippen LogP contribution in [-0.4, -0.2) is 28.8 Å². The van der Waals surface area contributed by atoms with Gasteiger partial charge >= 0.3 is 0 Å². The number of carbonyl (C=O) groups is 1. The summed E-state index contributed by atoms with van der Waals surface area (Å²) < 4.78 is 0. The predicted octanol–water partition coefficient (Wildman–Crippen LogP) is 2.70. The molecule has 0 spiro atoms. The molecule has 1 aliphatic rings. The number of anilines is 1. The molecule has 1 aromatic rings. The number of nitrogens with zero attached hydrogens (tertiary/aromatic N) is 2. The van der Waals surface area contributed by atoms with Crippen LogP contribution in [0.3, 0.4) is 0 Å². The van der Waals surface area contributed by atoms with Gasteiger partial charge in [0.2, 0.25) is 0 Å². The summed E-state index contributed by atoms with van der Waals surface area (Å²) in [5.41, 5.74) is 5.28. The first-order valence-corrected chi connectivity index (χ1v) is 6.71. The Morgan fingerprint density at radius 3 is 2.65 bits per heavy atom. The summed E-state index contributed by atoms with van der Waals surface area (Å²) in [4.78, 5) is 24.2. The molecule has 0 radical (unpaired) electrons. The van der Waals surface area contributed by atoms with Crippen LogP contribution in [0.15, 0.2) is 12.1 Å². The zero-order chi connectivity index (χ0) is 15.0. The Bertz CT molecular complexity index is 572. The van der Waals surface area contributed by atoms with Crippen molar-refractivity contribution in [3.8, 4) is 0 Å². The van der Waals surface area contributed by atoms with Crippen LogP contribution in [0.1, 0.15) is 30.1 Å². The maximum atomic E-state index is 12.4. The first kappa shape index (κ1) is 14.6. The van der Waals surface area contributed by atoms with E-state index in [4.69, 9.17) is 17.3 Å². The summed E-state index contributed by atoms with van der Waals surface area (Å²) >= 11 is 5.87. The molecular weight excluding hydrogens is 282 g/mol. The Balaban J connectivity index is 2.32. The molecule has 2 rings (SSSR count). The minimum absolute atomic E-state index is 0.0232. The molecule has 1 amide bonds. The largest absolute Gasteiger partial charge is 0.392 e. The van der Waals surface area contributed by atoms with Crippen molar-refractivity contribution in [2.45, 2.75) is 25.8 Å². The van der Waals surface area contributed by atoms with Crippen LogP contribution in [0.25, 0.3) is 0 Å². The molecule has 0 bridgehead atoms. The molecule has 1 saturated carbocycles. The monoisotopic (exact) mass is 297 g/mol. The van der Waals surface area contributed by atoms with E-state index in [0.29, 0.717) is 5.92 Å². The molecule has 2 N–H and O–H groups in total. The van der Waals surface area contributed by atoms with Crippen molar-refractivity contribution in [3.05, 3.63) is 32.8 Å². The second kappa shape index (κ2) is 5.28. The summed E-state index contributed by atoms with van der Waals surface area (Å²) in [6.45, 7) is 1.98. The summed E-state index contributed by atoms with van der Waals surface area (Å²) in [6, 6.07) is 2.67. The molecule has 1 unspecified atom stereocenters. The summed E-state index contributed by atoms with van der Waals surface area (Å²) in [5, 5.41) is 10.9. The highest BCUT2D eigenvalue weighted by atomic mass is 35.5. The molecule has 0 saturated heterocycles. The minimum atomic E-state index is -0.637. The van der Waals surface area contributed by atoms with Crippen molar-refractivity contribution in [1.82, 2.24) is 4.90 Å². The standard InChI is InChI=1S/C13H16ClN3O3/c1-7(8-3-4-8)16(2)13(18)9-5-10(14)12(15)11(6-9)17(19)20/h5-8H,3-4,15H2,1-2H3. The second-order valence-corrected chi connectivity index (χ2v) is 5.55. The number of hydrogen-bond donors (Lipinski definition) is 1. The molecule has 20 heavy (non-hydrogen) atoms. The lowest BCUT2D eigenvalue weighted by Gasteiger charge is -2.25. The second-order valence-electron chi connectivity index (χ2n) is 5.14. The molecule has 1 atom stereocenters. The van der Waals surface area contributed by atoms with Gasteiger partial charge in [-0.25, -0.2) is 0 Å². The maximum Gasteiger partial charge on any atom is 0.294 e. The number of halogens is 1. The Hall–Kier alpha value is -1.82. The normalized spacial score (nSPS) is 15.8. The topological polar surface area (TPSA) is 89.5 Å². The Kier molecular flexibility index (Phi) is 3.85. The number of nitro benzene ring substituents is 1. The van der Waals surface area contributed by atoms with Gasteiger partial charge in [0.15, 0.2) is 0 Å². The molecule has 1 aliphatic carbocycles. The van der Waals surface area contributed by atoms with Crippen LogP contribution >= 0.6 is 11.6 Å². The number of rotatable bonds is 4. The van der Waals surface area contributed by atoms with Crippen molar-refractivity contribution in [1.29, 1.82) is 0 Å². The van der Waals surface area contributed by atoms with E-state index in [1.807, 2.05) is 6.92 Å². The number of nitrogen functional groups attached to an aromatic ring is 1. The van der Waals surface area contributed by atoms with E-state index in [1.54, 1.807) is 11.9 Å². The van der Waals surface area contributed by atoms with Gasteiger partial charge in [-0.05, 0) is 31.7 Å². The highest BCUT2D eigenvalue weighted by Crippen LogP contribution is 2.36. The van der Waals surface area contributed by atoms with Gasteiger partial charge in [0.1, 0.15) is 5.69 Å². The smallest absolute Gasteiger partial charge is 0.294 e. The zero-order valence-electron chi connectivity index (χ0n) is 11.3. The van der Waals surface area contributed by atoms with E-state index in [0.717, 1.165) is 12.8 Å². The highest BCUT2D eigenvalue weighted by molar-refractivity contribution is 6.34. The number of carbonyl (C=O) groups excluding carboxylic acids is 1. The van der Waals surface area contributed by atoms with E-state index in [1.165, 1.54) is 12.1 Å². The third kappa shape index (κ3) is 2.70. The lowest BCUT2D eigenvalue weighted by molar-refractivity contribution is -0.383. The number of nitro groups is 1. The van der Waals surface area contributed by atoms with Crippen LogP contribution in [0.5, 0.6) is 0 Å². The summed E-state index contributed by atoms with van der Waals surface area (Å²) in [6.07, 6.45) is 2.23. The third-order valence-corrected chi connectivity index (χ3v) is 4.10. The average Bonchev–Trinajstić information content (AvgIpc) is 3.23. The van der Waals surface area contributed by atoms with Crippen molar-refractivity contribution in [2.24, 2.45) is 5.92 Å². The SMILES string of the molecule is CC(C1CC1)N(C)C(=O)c1cc(Cl)c(N)c([N+](=O)[O-])c1. The van der Waals surface area contributed by atoms with Crippen molar-refractivity contribution in [3.63, 3.8) is 0 Å². The first-order chi connectivity index (χ1) is 9.32. The predicted molar refractivity (Wildman–Crippen MR) is 76.8 cm³/mol. The molecule has 7 heteroatoms. The van der Waals surface area contributed by atoms with Gasteiger partial charge in [-0.15, -0.1) is 0 Å². The van der Waals surface area contributed by atoms with E-state index in [-0.39, 0.29) is 33.9 Å². The lowest BCUT2D eigenvalue weighted by Crippen LogP contribution is -2.36. The van der Waals surface area contributed by atoms with Gasteiger partial charge in [0.25, 0.3) is 11.6 Å². The quantitative estimate of drug-likeness (QED) is 0.525. The Morgan fingerprint density at radius 1 is 1.55 bits per heavy atom. The lowest BCUT2D eigenvalue weighted by atomic mass is 10.1. The fraction of sp³-hybridized carbons (Fsp3) is 0.462. The number of hydrogen-bond acceptors (Lipinski definition) is 4. The number of benzene rings is 1. The van der Waals surface area contributed by atoms with E-state index >= 15 is 0 Å². The summed E-state index contributed by atoms with van der Waals surface area (Å²) in [5.74, 6) is 0.234. The fourth-order valence-electron chi connectivity index (χ4n) is 2.16. The Labute approximate surface area is 121 Å². The Morgan fingerprint density at radius 2 is 2.15 bits per heavy atom. The van der Waals surface area contributed by atoms with Crippen LogP contribution in [0, 0.1) is 16.0 Å². The van der Waals surface area contributed by atoms with Crippen LogP contribution in [-0.2, 0) is 0 Å². The van der Waals surface area contributed by atoms with E-state index in [9.17, 15) is 14.9 Å². The van der Waals surface area contributed by atoms with Crippen molar-refractivity contribution in [2.75, 3.05) is 12.8 Å². The minimum Gasteiger partial charge on any atom is -0.392 e. The number of amides is 1. The van der Waals surface area contributed by atoms with E-state index in [2.05, 4.69) is 0 Å². The molecule has 108 valence electrons. The molecule has 0 aliphatic heterocycles. The molecule has 1 fully saturated rings. The fourth-order valence-corrected chi connectivity index (χ4v) is 2.38. The van der Waals surface area contributed by atoms with Crippen molar-refractivity contribution < 1.29 is 9.72 Å². The molecule has 1 aromatic carbocycles. The van der Waals surface area contributed by atoms with Crippen LogP contribution in [0.2, 0.25) is 5.02 Å². The van der Waals surface area contributed by atoms with Gasteiger partial charge < -0.3 is 10.6 Å².